The first-order valence-electron chi connectivity index (χ1n) is 6.24. The van der Waals surface area contributed by atoms with Crippen molar-refractivity contribution in [3.63, 3.8) is 0 Å². The fourth-order valence-corrected chi connectivity index (χ4v) is 2.07. The summed E-state index contributed by atoms with van der Waals surface area (Å²) in [6.45, 7) is 8.91. The van der Waals surface area contributed by atoms with Crippen molar-refractivity contribution in [1.29, 1.82) is 0 Å². The smallest absolute Gasteiger partial charge is 0.00843 e. The molecule has 1 heteroatoms. The fraction of sp³-hybridized carbons (Fsp3) is 0.600. The SMILES string of the molecule is CCc1ccc(CC(N)CC(C)(C)C)cc1. The summed E-state index contributed by atoms with van der Waals surface area (Å²) >= 11 is 0. The van der Waals surface area contributed by atoms with Crippen molar-refractivity contribution in [3.8, 4) is 0 Å². The van der Waals surface area contributed by atoms with E-state index in [2.05, 4.69) is 52.0 Å². The highest BCUT2D eigenvalue weighted by molar-refractivity contribution is 5.23. The summed E-state index contributed by atoms with van der Waals surface area (Å²) in [6, 6.07) is 9.11. The highest BCUT2D eigenvalue weighted by Crippen LogP contribution is 2.21. The molecule has 0 aliphatic carbocycles. The Morgan fingerprint density at radius 2 is 1.56 bits per heavy atom. The second kappa shape index (κ2) is 5.49. The predicted molar refractivity (Wildman–Crippen MR) is 71.6 cm³/mol. The molecule has 0 saturated carbocycles. The van der Waals surface area contributed by atoms with E-state index in [0.717, 1.165) is 19.3 Å². The standard InChI is InChI=1S/C15H25N/c1-5-12-6-8-13(9-7-12)10-14(16)11-15(2,3)4/h6-9,14H,5,10-11,16H2,1-4H3. The number of nitrogens with two attached hydrogens (primary N) is 1. The van der Waals surface area contributed by atoms with Gasteiger partial charge in [-0.05, 0) is 35.8 Å². The first kappa shape index (κ1) is 13.2. The quantitative estimate of drug-likeness (QED) is 0.823. The van der Waals surface area contributed by atoms with E-state index in [0.29, 0.717) is 5.41 Å². The lowest BCUT2D eigenvalue weighted by atomic mass is 9.86. The Kier molecular flexibility index (Phi) is 4.55. The third-order valence-electron chi connectivity index (χ3n) is 2.80. The average Bonchev–Trinajstić information content (AvgIpc) is 2.16. The first-order chi connectivity index (χ1) is 7.40. The second-order valence-electron chi connectivity index (χ2n) is 5.90. The summed E-state index contributed by atoms with van der Waals surface area (Å²) in [4.78, 5) is 0. The molecule has 1 unspecified atom stereocenters. The molecule has 0 amide bonds. The van der Waals surface area contributed by atoms with E-state index < -0.39 is 0 Å². The van der Waals surface area contributed by atoms with Gasteiger partial charge in [-0.1, -0.05) is 52.0 Å². The molecule has 1 aromatic carbocycles. The van der Waals surface area contributed by atoms with Crippen LogP contribution in [0.4, 0.5) is 0 Å². The van der Waals surface area contributed by atoms with Crippen molar-refractivity contribution in [2.75, 3.05) is 0 Å². The molecule has 0 fully saturated rings. The van der Waals surface area contributed by atoms with Crippen molar-refractivity contribution < 1.29 is 0 Å². The van der Waals surface area contributed by atoms with E-state index in [1.54, 1.807) is 0 Å². The molecule has 0 aliphatic heterocycles. The summed E-state index contributed by atoms with van der Waals surface area (Å²) in [6.07, 6.45) is 3.16. The molecule has 1 nitrogen and oxygen atoms in total. The van der Waals surface area contributed by atoms with Crippen molar-refractivity contribution in [3.05, 3.63) is 35.4 Å². The zero-order valence-corrected chi connectivity index (χ0v) is 11.1. The minimum Gasteiger partial charge on any atom is -0.327 e. The summed E-state index contributed by atoms with van der Waals surface area (Å²) in [5.74, 6) is 0. The molecule has 1 atom stereocenters. The van der Waals surface area contributed by atoms with E-state index in [1.807, 2.05) is 0 Å². The van der Waals surface area contributed by atoms with Crippen molar-refractivity contribution in [2.45, 2.75) is 53.0 Å². The topological polar surface area (TPSA) is 26.0 Å². The van der Waals surface area contributed by atoms with Gasteiger partial charge in [-0.3, -0.25) is 0 Å². The zero-order chi connectivity index (χ0) is 12.2. The lowest BCUT2D eigenvalue weighted by Gasteiger charge is -2.23. The van der Waals surface area contributed by atoms with Gasteiger partial charge in [0.2, 0.25) is 0 Å². The monoisotopic (exact) mass is 219 g/mol. The van der Waals surface area contributed by atoms with Crippen LogP contribution in [0.2, 0.25) is 0 Å². The van der Waals surface area contributed by atoms with E-state index in [1.165, 1.54) is 11.1 Å². The zero-order valence-electron chi connectivity index (χ0n) is 11.1. The van der Waals surface area contributed by atoms with Gasteiger partial charge in [0, 0.05) is 6.04 Å². The summed E-state index contributed by atoms with van der Waals surface area (Å²) < 4.78 is 0. The molecule has 0 aromatic heterocycles. The number of hydrogen-bond donors (Lipinski definition) is 1. The minimum absolute atomic E-state index is 0.271. The van der Waals surface area contributed by atoms with Gasteiger partial charge in [-0.25, -0.2) is 0 Å². The largest absolute Gasteiger partial charge is 0.327 e. The van der Waals surface area contributed by atoms with E-state index in [4.69, 9.17) is 5.73 Å². The Morgan fingerprint density at radius 1 is 1.06 bits per heavy atom. The van der Waals surface area contributed by atoms with E-state index >= 15 is 0 Å². The van der Waals surface area contributed by atoms with Gasteiger partial charge in [-0.2, -0.15) is 0 Å². The molecular formula is C15H25N. The van der Waals surface area contributed by atoms with Gasteiger partial charge in [0.15, 0.2) is 0 Å². The average molecular weight is 219 g/mol. The molecule has 0 bridgehead atoms. The molecule has 90 valence electrons. The van der Waals surface area contributed by atoms with Crippen LogP contribution in [-0.2, 0) is 12.8 Å². The first-order valence-corrected chi connectivity index (χ1v) is 6.24. The van der Waals surface area contributed by atoms with Gasteiger partial charge in [0.1, 0.15) is 0 Å². The van der Waals surface area contributed by atoms with E-state index in [-0.39, 0.29) is 6.04 Å². The minimum atomic E-state index is 0.271. The van der Waals surface area contributed by atoms with Crippen LogP contribution < -0.4 is 5.73 Å². The Morgan fingerprint density at radius 3 is 2.00 bits per heavy atom. The Balaban J connectivity index is 2.53. The van der Waals surface area contributed by atoms with Crippen LogP contribution in [0, 0.1) is 5.41 Å². The Bertz CT molecular complexity index is 305. The maximum absolute atomic E-state index is 6.16. The van der Waals surface area contributed by atoms with Gasteiger partial charge >= 0.3 is 0 Å². The Hall–Kier alpha value is -0.820. The predicted octanol–water partition coefficient (Wildman–Crippen LogP) is 3.56. The highest BCUT2D eigenvalue weighted by Gasteiger charge is 2.15. The van der Waals surface area contributed by atoms with E-state index in [9.17, 15) is 0 Å². The second-order valence-corrected chi connectivity index (χ2v) is 5.90. The maximum atomic E-state index is 6.16. The number of aryl methyl sites for hydroxylation is 1. The van der Waals surface area contributed by atoms with Crippen molar-refractivity contribution >= 4 is 0 Å². The third-order valence-corrected chi connectivity index (χ3v) is 2.80. The number of benzene rings is 1. The molecule has 0 saturated heterocycles. The normalized spacial score (nSPS) is 13.8. The lowest BCUT2D eigenvalue weighted by Crippen LogP contribution is -2.28. The summed E-state index contributed by atoms with van der Waals surface area (Å²) in [5, 5.41) is 0. The number of rotatable bonds is 4. The van der Waals surface area contributed by atoms with Crippen molar-refractivity contribution in [2.24, 2.45) is 11.1 Å². The van der Waals surface area contributed by atoms with Crippen molar-refractivity contribution in [1.82, 2.24) is 0 Å². The molecule has 0 heterocycles. The summed E-state index contributed by atoms with van der Waals surface area (Å²) in [7, 11) is 0. The van der Waals surface area contributed by atoms with Crippen LogP contribution in [0.5, 0.6) is 0 Å². The van der Waals surface area contributed by atoms with Crippen LogP contribution in [0.1, 0.15) is 45.2 Å². The van der Waals surface area contributed by atoms with Crippen LogP contribution in [-0.4, -0.2) is 6.04 Å². The fourth-order valence-electron chi connectivity index (χ4n) is 2.07. The van der Waals surface area contributed by atoms with Gasteiger partial charge in [0.25, 0.3) is 0 Å². The lowest BCUT2D eigenvalue weighted by molar-refractivity contribution is 0.338. The number of hydrogen-bond acceptors (Lipinski definition) is 1. The van der Waals surface area contributed by atoms with Gasteiger partial charge in [0.05, 0.1) is 0 Å². The molecule has 16 heavy (non-hydrogen) atoms. The maximum Gasteiger partial charge on any atom is 0.00843 e. The molecule has 2 N–H and O–H groups in total. The molecule has 1 rings (SSSR count). The summed E-state index contributed by atoms with van der Waals surface area (Å²) in [5.41, 5.74) is 9.24. The van der Waals surface area contributed by atoms with Crippen LogP contribution in [0.3, 0.4) is 0 Å². The molecule has 0 radical (unpaired) electrons. The van der Waals surface area contributed by atoms with Gasteiger partial charge < -0.3 is 5.73 Å². The van der Waals surface area contributed by atoms with Gasteiger partial charge in [-0.15, -0.1) is 0 Å². The molecule has 1 aromatic rings. The Labute approximate surface area is 100 Å². The highest BCUT2D eigenvalue weighted by atomic mass is 14.6. The van der Waals surface area contributed by atoms with Crippen LogP contribution in [0.25, 0.3) is 0 Å². The molecule has 0 spiro atoms. The van der Waals surface area contributed by atoms with Crippen LogP contribution >= 0.6 is 0 Å². The third kappa shape index (κ3) is 4.80. The van der Waals surface area contributed by atoms with Crippen LogP contribution in [0.15, 0.2) is 24.3 Å². The molecule has 0 aliphatic rings. The molecular weight excluding hydrogens is 194 g/mol.